The normalized spacial score (nSPS) is 18.2. The summed E-state index contributed by atoms with van der Waals surface area (Å²) in [5, 5.41) is 16.7. The number of amides is 1. The van der Waals surface area contributed by atoms with Gasteiger partial charge in [0.1, 0.15) is 21.9 Å². The first-order chi connectivity index (χ1) is 17.2. The molecule has 0 aromatic carbocycles. The van der Waals surface area contributed by atoms with Crippen LogP contribution >= 0.6 is 11.3 Å². The lowest BCUT2D eigenvalue weighted by Crippen LogP contribution is -2.42. The number of halogens is 6. The van der Waals surface area contributed by atoms with Gasteiger partial charge in [-0.15, -0.1) is 16.0 Å². The Morgan fingerprint density at radius 1 is 1.22 bits per heavy atom. The fourth-order valence-electron chi connectivity index (χ4n) is 3.67. The second-order valence-electron chi connectivity index (χ2n) is 8.11. The minimum Gasteiger partial charge on any atom is -0.475 e. The molecule has 0 spiro atoms. The predicted octanol–water partition coefficient (Wildman–Crippen LogP) is 3.43. The van der Waals surface area contributed by atoms with E-state index in [1.54, 1.807) is 6.20 Å². The number of nitrogens with one attached hydrogen (secondary N) is 3. The first-order valence-corrected chi connectivity index (χ1v) is 11.6. The van der Waals surface area contributed by atoms with Crippen molar-refractivity contribution in [2.24, 2.45) is 12.8 Å². The van der Waals surface area contributed by atoms with E-state index < -0.39 is 29.9 Å². The largest absolute Gasteiger partial charge is 0.490 e. The monoisotopic (exact) mass is 554 g/mol. The van der Waals surface area contributed by atoms with E-state index in [-0.39, 0.29) is 23.3 Å². The number of fused-ring (bicyclic) bond motifs is 1. The number of nitrogens with two attached hydrogens (primary N) is 1. The number of aryl methyl sites for hydroxylation is 1. The fourth-order valence-corrected chi connectivity index (χ4v) is 4.50. The van der Waals surface area contributed by atoms with Gasteiger partial charge >= 0.3 is 24.0 Å². The molecule has 2 atom stereocenters. The standard InChI is InChI=1S/C18H20F3N7OS.C2HF3O2/c1-28-15(18(19,20)21)12(6-24-28)26-16(29)9-8-30-17-14(9)27-13(7-23-17)25-11-5-3-2-4-10(11)22;3-2(4,5)1(6)7/h6-8,10-11H,2-5,22H2,1H3,(H2,25,26,27,29);(H,6,7)/p+1/t10-,11+;/m0./s1. The first kappa shape index (κ1) is 28.1. The van der Waals surface area contributed by atoms with Crippen LogP contribution in [-0.2, 0) is 18.0 Å². The number of hydrogen-bond acceptors (Lipinski definition) is 7. The van der Waals surface area contributed by atoms with Gasteiger partial charge in [0.25, 0.3) is 5.91 Å². The summed E-state index contributed by atoms with van der Waals surface area (Å²) in [6.45, 7) is 0. The van der Waals surface area contributed by atoms with E-state index in [9.17, 15) is 31.1 Å². The van der Waals surface area contributed by atoms with Gasteiger partial charge in [-0.1, -0.05) is 12.8 Å². The number of carboxylic acids is 1. The molecule has 1 amide bonds. The third-order valence-electron chi connectivity index (χ3n) is 5.43. The minimum absolute atomic E-state index is 0.0108. The van der Waals surface area contributed by atoms with Crippen LogP contribution < -0.4 is 21.0 Å². The quantitative estimate of drug-likeness (QED) is 0.245. The summed E-state index contributed by atoms with van der Waals surface area (Å²) in [6.07, 6.45) is -3.02. The number of H-pyrrole nitrogens is 1. The summed E-state index contributed by atoms with van der Waals surface area (Å²) in [4.78, 5) is 31.0. The second kappa shape index (κ2) is 10.9. The Balaban J connectivity index is 0.000000479. The smallest absolute Gasteiger partial charge is 0.475 e. The maximum Gasteiger partial charge on any atom is 0.490 e. The molecule has 0 radical (unpaired) electrons. The molecule has 202 valence electrons. The van der Waals surface area contributed by atoms with Gasteiger partial charge in [-0.05, 0) is 12.8 Å². The van der Waals surface area contributed by atoms with Gasteiger partial charge in [0.2, 0.25) is 0 Å². The highest BCUT2D eigenvalue weighted by Gasteiger charge is 2.45. The third-order valence-corrected chi connectivity index (χ3v) is 6.31. The molecule has 3 heterocycles. The van der Waals surface area contributed by atoms with Crippen molar-refractivity contribution in [3.63, 3.8) is 0 Å². The van der Waals surface area contributed by atoms with Crippen LogP contribution in [0.1, 0.15) is 41.7 Å². The number of nitrogens with zero attached hydrogens (tertiary/aromatic N) is 3. The van der Waals surface area contributed by atoms with Crippen molar-refractivity contribution in [3.8, 4) is 0 Å². The average Bonchev–Trinajstić information content (AvgIpc) is 3.38. The molecule has 1 fully saturated rings. The molecule has 17 heteroatoms. The Morgan fingerprint density at radius 2 is 1.86 bits per heavy atom. The van der Waals surface area contributed by atoms with E-state index in [4.69, 9.17) is 15.6 Å². The Bertz CT molecular complexity index is 1270. The number of thiophene rings is 1. The van der Waals surface area contributed by atoms with E-state index >= 15 is 0 Å². The number of carbonyl (C=O) groups is 2. The van der Waals surface area contributed by atoms with E-state index in [1.165, 1.54) is 23.8 Å². The molecular formula is C20H22F6N7O3S+. The minimum atomic E-state index is -5.08. The van der Waals surface area contributed by atoms with E-state index in [0.717, 1.165) is 36.6 Å². The molecule has 1 saturated carbocycles. The zero-order valence-corrected chi connectivity index (χ0v) is 19.9. The summed E-state index contributed by atoms with van der Waals surface area (Å²) in [5.41, 5.74) is 5.33. The highest BCUT2D eigenvalue weighted by Crippen LogP contribution is 2.33. The topological polar surface area (TPSA) is 150 Å². The molecule has 4 rings (SSSR count). The average molecular weight is 554 g/mol. The molecular weight excluding hydrogens is 532 g/mol. The van der Waals surface area contributed by atoms with Crippen LogP contribution in [-0.4, -0.2) is 50.3 Å². The van der Waals surface area contributed by atoms with Crippen molar-refractivity contribution >= 4 is 45.1 Å². The number of alkyl halides is 6. The summed E-state index contributed by atoms with van der Waals surface area (Å²) in [5.74, 6) is -2.96. The zero-order valence-electron chi connectivity index (χ0n) is 19.1. The molecule has 10 nitrogen and oxygen atoms in total. The lowest BCUT2D eigenvalue weighted by Gasteiger charge is -2.29. The summed E-state index contributed by atoms with van der Waals surface area (Å²) < 4.78 is 72.3. The van der Waals surface area contributed by atoms with Crippen LogP contribution in [0.4, 0.5) is 37.8 Å². The molecule has 0 saturated heterocycles. The lowest BCUT2D eigenvalue weighted by molar-refractivity contribution is -0.742. The molecule has 1 aliphatic rings. The van der Waals surface area contributed by atoms with Gasteiger partial charge in [0, 0.05) is 17.5 Å². The number of anilines is 2. The van der Waals surface area contributed by atoms with Crippen molar-refractivity contribution < 1.29 is 45.7 Å². The Kier molecular flexibility index (Phi) is 8.26. The molecule has 1 aliphatic carbocycles. The van der Waals surface area contributed by atoms with Crippen LogP contribution in [0, 0.1) is 0 Å². The van der Waals surface area contributed by atoms with Gasteiger partial charge in [0.05, 0.1) is 18.0 Å². The summed E-state index contributed by atoms with van der Waals surface area (Å²) in [6, 6.07) is 0.0761. The third kappa shape index (κ3) is 6.85. The number of rotatable bonds is 4. The van der Waals surface area contributed by atoms with Crippen LogP contribution in [0.3, 0.4) is 0 Å². The Labute approximate surface area is 208 Å². The Morgan fingerprint density at radius 3 is 2.46 bits per heavy atom. The van der Waals surface area contributed by atoms with E-state index in [0.29, 0.717) is 16.2 Å². The fraction of sp³-hybridized carbons (Fsp3) is 0.450. The molecule has 0 aliphatic heterocycles. The van der Waals surface area contributed by atoms with E-state index in [1.807, 2.05) is 0 Å². The molecule has 3 aromatic rings. The summed E-state index contributed by atoms with van der Waals surface area (Å²) >= 11 is 1.20. The van der Waals surface area contributed by atoms with Gasteiger partial charge in [-0.25, -0.2) is 14.8 Å². The van der Waals surface area contributed by atoms with Crippen LogP contribution in [0.25, 0.3) is 10.3 Å². The van der Waals surface area contributed by atoms with Crippen LogP contribution in [0.15, 0.2) is 17.8 Å². The number of aromatic nitrogens is 4. The van der Waals surface area contributed by atoms with Gasteiger partial charge in [-0.2, -0.15) is 31.4 Å². The molecule has 0 unspecified atom stereocenters. The summed E-state index contributed by atoms with van der Waals surface area (Å²) in [7, 11) is 1.22. The van der Waals surface area contributed by atoms with Gasteiger partial charge in [-0.3, -0.25) is 4.79 Å². The molecule has 3 aromatic heterocycles. The van der Waals surface area contributed by atoms with E-state index in [2.05, 4.69) is 25.7 Å². The van der Waals surface area contributed by atoms with Crippen molar-refractivity contribution in [2.75, 3.05) is 10.6 Å². The van der Waals surface area contributed by atoms with Crippen molar-refractivity contribution in [1.29, 1.82) is 0 Å². The molecule has 6 N–H and O–H groups in total. The number of carboxylic acid groups (broad SMARTS) is 1. The number of hydrogen-bond donors (Lipinski definition) is 5. The lowest BCUT2D eigenvalue weighted by atomic mass is 9.91. The highest BCUT2D eigenvalue weighted by molar-refractivity contribution is 7.17. The number of carbonyl (C=O) groups excluding carboxylic acids is 1. The van der Waals surface area contributed by atoms with Gasteiger partial charge < -0.3 is 21.5 Å². The predicted molar refractivity (Wildman–Crippen MR) is 120 cm³/mol. The molecule has 37 heavy (non-hydrogen) atoms. The zero-order chi connectivity index (χ0) is 27.5. The van der Waals surface area contributed by atoms with Gasteiger partial charge in [0.15, 0.2) is 7.05 Å². The highest BCUT2D eigenvalue weighted by atomic mass is 32.1. The number of aliphatic carboxylic acids is 1. The number of aromatic amines is 1. The SMILES string of the molecule is C[n+]1[nH]cc(NC(=O)c2csc3ncc(N[C@@H]4CCCC[C@@H]4N)nc23)c1C(F)(F)F.O=C(O)C(F)(F)F. The Hall–Kier alpha value is -3.47. The van der Waals surface area contributed by atoms with Crippen molar-refractivity contribution in [2.45, 2.75) is 50.1 Å². The maximum atomic E-state index is 13.3. The van der Waals surface area contributed by atoms with Crippen molar-refractivity contribution in [3.05, 3.63) is 29.0 Å². The van der Waals surface area contributed by atoms with Crippen LogP contribution in [0.2, 0.25) is 0 Å². The first-order valence-electron chi connectivity index (χ1n) is 10.7. The maximum absolute atomic E-state index is 13.3. The molecule has 0 bridgehead atoms. The van der Waals surface area contributed by atoms with Crippen molar-refractivity contribution in [1.82, 2.24) is 15.1 Å². The van der Waals surface area contributed by atoms with Crippen LogP contribution in [0.5, 0.6) is 0 Å². The second-order valence-corrected chi connectivity index (χ2v) is 8.97.